The summed E-state index contributed by atoms with van der Waals surface area (Å²) in [5.41, 5.74) is 0.0579. The van der Waals surface area contributed by atoms with Crippen LogP contribution in [0.4, 0.5) is 19.0 Å². The van der Waals surface area contributed by atoms with Crippen LogP contribution in [0.25, 0.3) is 0 Å². The van der Waals surface area contributed by atoms with Gasteiger partial charge in [0, 0.05) is 6.54 Å². The van der Waals surface area contributed by atoms with E-state index in [1.165, 1.54) is 6.07 Å². The van der Waals surface area contributed by atoms with Crippen molar-refractivity contribution in [2.75, 3.05) is 19.0 Å². The van der Waals surface area contributed by atoms with E-state index in [0.29, 0.717) is 18.8 Å². The van der Waals surface area contributed by atoms with Crippen LogP contribution in [0.5, 0.6) is 5.75 Å². The maximum absolute atomic E-state index is 12.3. The van der Waals surface area contributed by atoms with Crippen LogP contribution in [0, 0.1) is 0 Å². The SMILES string of the molecule is COc1cccc(CCNc2ccc(C(F)(F)F)nn2)c1. The van der Waals surface area contributed by atoms with E-state index < -0.39 is 11.9 Å². The Morgan fingerprint density at radius 1 is 1.14 bits per heavy atom. The number of rotatable bonds is 5. The van der Waals surface area contributed by atoms with Crippen molar-refractivity contribution in [2.24, 2.45) is 0 Å². The molecule has 0 saturated heterocycles. The molecule has 0 bridgehead atoms. The van der Waals surface area contributed by atoms with Crippen molar-refractivity contribution < 1.29 is 17.9 Å². The first-order valence-corrected chi connectivity index (χ1v) is 6.27. The summed E-state index contributed by atoms with van der Waals surface area (Å²) in [6, 6.07) is 9.75. The summed E-state index contributed by atoms with van der Waals surface area (Å²) in [6.45, 7) is 0.535. The molecule has 0 unspecified atom stereocenters. The van der Waals surface area contributed by atoms with Crippen molar-refractivity contribution in [3.05, 3.63) is 47.7 Å². The van der Waals surface area contributed by atoms with Crippen molar-refractivity contribution in [1.29, 1.82) is 0 Å². The van der Waals surface area contributed by atoms with E-state index in [1.54, 1.807) is 7.11 Å². The van der Waals surface area contributed by atoms with Gasteiger partial charge < -0.3 is 10.1 Å². The molecular formula is C14H14F3N3O. The van der Waals surface area contributed by atoms with Gasteiger partial charge in [0.1, 0.15) is 11.6 Å². The summed E-state index contributed by atoms with van der Waals surface area (Å²) >= 11 is 0. The minimum Gasteiger partial charge on any atom is -0.497 e. The monoisotopic (exact) mass is 297 g/mol. The van der Waals surface area contributed by atoms with Crippen LogP contribution in [0.3, 0.4) is 0 Å². The number of halogens is 3. The third-order valence-corrected chi connectivity index (χ3v) is 2.81. The quantitative estimate of drug-likeness (QED) is 0.921. The summed E-state index contributed by atoms with van der Waals surface area (Å²) in [5.74, 6) is 1.08. The van der Waals surface area contributed by atoms with E-state index in [4.69, 9.17) is 4.74 Å². The van der Waals surface area contributed by atoms with Crippen LogP contribution in [0.2, 0.25) is 0 Å². The minimum absolute atomic E-state index is 0.311. The average molecular weight is 297 g/mol. The number of aromatic nitrogens is 2. The highest BCUT2D eigenvalue weighted by atomic mass is 19.4. The van der Waals surface area contributed by atoms with Gasteiger partial charge in [0.2, 0.25) is 0 Å². The van der Waals surface area contributed by atoms with Crippen LogP contribution in [-0.4, -0.2) is 23.9 Å². The molecule has 0 saturated carbocycles. The van der Waals surface area contributed by atoms with Crippen LogP contribution in [0.1, 0.15) is 11.3 Å². The molecule has 0 amide bonds. The van der Waals surface area contributed by atoms with Crippen molar-refractivity contribution in [3.8, 4) is 5.75 Å². The topological polar surface area (TPSA) is 47.0 Å². The molecule has 7 heteroatoms. The van der Waals surface area contributed by atoms with Crippen LogP contribution >= 0.6 is 0 Å². The Kier molecular flexibility index (Phi) is 4.62. The number of methoxy groups -OCH3 is 1. The highest BCUT2D eigenvalue weighted by molar-refractivity contribution is 5.34. The van der Waals surface area contributed by atoms with Crippen LogP contribution in [-0.2, 0) is 12.6 Å². The third kappa shape index (κ3) is 4.34. The standard InChI is InChI=1S/C14H14F3N3O/c1-21-11-4-2-3-10(9-11)7-8-18-13-6-5-12(19-20-13)14(15,16)17/h2-6,9H,7-8H2,1H3,(H,18,20). The van der Waals surface area contributed by atoms with Gasteiger partial charge in [0.15, 0.2) is 5.69 Å². The summed E-state index contributed by atoms with van der Waals surface area (Å²) in [7, 11) is 1.59. The number of anilines is 1. The second kappa shape index (κ2) is 6.43. The van der Waals surface area contributed by atoms with E-state index in [-0.39, 0.29) is 0 Å². The molecule has 2 aromatic rings. The number of hydrogen-bond donors (Lipinski definition) is 1. The Morgan fingerprint density at radius 2 is 1.95 bits per heavy atom. The van der Waals surface area contributed by atoms with Gasteiger partial charge >= 0.3 is 6.18 Å². The lowest BCUT2D eigenvalue weighted by Gasteiger charge is -2.08. The minimum atomic E-state index is -4.47. The summed E-state index contributed by atoms with van der Waals surface area (Å²) in [4.78, 5) is 0. The van der Waals surface area contributed by atoms with Crippen LogP contribution in [0.15, 0.2) is 36.4 Å². The van der Waals surface area contributed by atoms with Gasteiger partial charge in [-0.15, -0.1) is 10.2 Å². The van der Waals surface area contributed by atoms with Gasteiger partial charge in [-0.1, -0.05) is 12.1 Å². The molecule has 1 heterocycles. The molecule has 1 N–H and O–H groups in total. The molecule has 21 heavy (non-hydrogen) atoms. The zero-order valence-electron chi connectivity index (χ0n) is 11.3. The molecule has 1 aromatic heterocycles. The first kappa shape index (κ1) is 15.1. The molecule has 0 spiro atoms. The Hall–Kier alpha value is -2.31. The van der Waals surface area contributed by atoms with E-state index in [2.05, 4.69) is 15.5 Å². The van der Waals surface area contributed by atoms with Gasteiger partial charge in [-0.2, -0.15) is 13.2 Å². The molecule has 0 aliphatic carbocycles. The maximum atomic E-state index is 12.3. The van der Waals surface area contributed by atoms with Crippen LogP contribution < -0.4 is 10.1 Å². The number of benzene rings is 1. The zero-order valence-corrected chi connectivity index (χ0v) is 11.3. The molecule has 0 aliphatic rings. The molecule has 1 aromatic carbocycles. The number of nitrogens with one attached hydrogen (secondary N) is 1. The van der Waals surface area contributed by atoms with Gasteiger partial charge in [0.25, 0.3) is 0 Å². The number of alkyl halides is 3. The fourth-order valence-electron chi connectivity index (χ4n) is 1.74. The van der Waals surface area contributed by atoms with E-state index in [0.717, 1.165) is 17.4 Å². The fourth-order valence-corrected chi connectivity index (χ4v) is 1.74. The number of hydrogen-bond acceptors (Lipinski definition) is 4. The zero-order chi connectivity index (χ0) is 15.3. The van der Waals surface area contributed by atoms with E-state index >= 15 is 0 Å². The first-order valence-electron chi connectivity index (χ1n) is 6.27. The predicted octanol–water partition coefficient (Wildman–Crippen LogP) is 3.16. The summed E-state index contributed by atoms with van der Waals surface area (Å²) < 4.78 is 42.1. The molecule has 0 atom stereocenters. The van der Waals surface area contributed by atoms with Crippen molar-refractivity contribution in [2.45, 2.75) is 12.6 Å². The van der Waals surface area contributed by atoms with Crippen molar-refractivity contribution in [3.63, 3.8) is 0 Å². The smallest absolute Gasteiger partial charge is 0.435 e. The number of nitrogens with zero attached hydrogens (tertiary/aromatic N) is 2. The molecule has 0 fully saturated rings. The number of ether oxygens (including phenoxy) is 1. The first-order chi connectivity index (χ1) is 9.99. The summed E-state index contributed by atoms with van der Waals surface area (Å²) in [5, 5.41) is 9.58. The Morgan fingerprint density at radius 3 is 2.57 bits per heavy atom. The second-order valence-electron chi connectivity index (χ2n) is 4.33. The molecule has 2 rings (SSSR count). The third-order valence-electron chi connectivity index (χ3n) is 2.81. The molecular weight excluding hydrogens is 283 g/mol. The molecule has 0 aliphatic heterocycles. The lowest BCUT2D eigenvalue weighted by Crippen LogP contribution is -2.11. The van der Waals surface area contributed by atoms with E-state index in [9.17, 15) is 13.2 Å². The molecule has 0 radical (unpaired) electrons. The van der Waals surface area contributed by atoms with Crippen molar-refractivity contribution >= 4 is 5.82 Å². The maximum Gasteiger partial charge on any atom is 0.435 e. The highest BCUT2D eigenvalue weighted by Gasteiger charge is 2.32. The second-order valence-corrected chi connectivity index (χ2v) is 4.33. The highest BCUT2D eigenvalue weighted by Crippen LogP contribution is 2.27. The molecule has 112 valence electrons. The lowest BCUT2D eigenvalue weighted by molar-refractivity contribution is -0.141. The van der Waals surface area contributed by atoms with Gasteiger partial charge in [-0.25, -0.2) is 0 Å². The molecule has 4 nitrogen and oxygen atoms in total. The Bertz CT molecular complexity index is 585. The van der Waals surface area contributed by atoms with Crippen molar-refractivity contribution in [1.82, 2.24) is 10.2 Å². The Balaban J connectivity index is 1.88. The van der Waals surface area contributed by atoms with Gasteiger partial charge in [-0.3, -0.25) is 0 Å². The fraction of sp³-hybridized carbons (Fsp3) is 0.286. The van der Waals surface area contributed by atoms with E-state index in [1.807, 2.05) is 24.3 Å². The average Bonchev–Trinajstić information content (AvgIpc) is 2.47. The normalized spacial score (nSPS) is 11.2. The predicted molar refractivity (Wildman–Crippen MR) is 72.2 cm³/mol. The lowest BCUT2D eigenvalue weighted by atomic mass is 10.1. The summed E-state index contributed by atoms with van der Waals surface area (Å²) in [6.07, 6.45) is -3.77. The van der Waals surface area contributed by atoms with Gasteiger partial charge in [0.05, 0.1) is 7.11 Å². The largest absolute Gasteiger partial charge is 0.497 e. The van der Waals surface area contributed by atoms with Gasteiger partial charge in [-0.05, 0) is 36.2 Å². The Labute approximate surface area is 120 Å².